The Bertz CT molecular complexity index is 1940. The van der Waals surface area contributed by atoms with Crippen LogP contribution in [-0.2, 0) is 6.54 Å². The first kappa shape index (κ1) is 26.4. The molecule has 6 aromatic rings. The van der Waals surface area contributed by atoms with Crippen molar-refractivity contribution in [3.63, 3.8) is 0 Å². The Hall–Kier alpha value is -5.48. The predicted octanol–water partition coefficient (Wildman–Crippen LogP) is 5.88. The fourth-order valence-corrected chi connectivity index (χ4v) is 5.59. The van der Waals surface area contributed by atoms with Crippen LogP contribution in [0, 0.1) is 0 Å². The lowest BCUT2D eigenvalue weighted by molar-refractivity contribution is 0.100. The van der Waals surface area contributed by atoms with Crippen LogP contribution in [-0.4, -0.2) is 42.0 Å². The van der Waals surface area contributed by atoms with Crippen molar-refractivity contribution in [1.29, 1.82) is 0 Å². The lowest BCUT2D eigenvalue weighted by atomic mass is 9.93. The SMILES string of the molecule is CC(C)n1ccc(-c2c(-c3ccc4ncnn4c3)ccc3c2CN(CN(c2ccccc2)c2cccc(C(N)=O)c2)N3)n1. The van der Waals surface area contributed by atoms with Gasteiger partial charge in [0.05, 0.1) is 18.1 Å². The smallest absolute Gasteiger partial charge is 0.248 e. The number of nitrogens with zero attached hydrogens (tertiary/aromatic N) is 7. The number of hydrogen-bond acceptors (Lipinski definition) is 7. The monoisotopic (exact) mass is 569 g/mol. The van der Waals surface area contributed by atoms with E-state index in [1.54, 1.807) is 16.9 Å². The lowest BCUT2D eigenvalue weighted by Crippen LogP contribution is -2.35. The highest BCUT2D eigenvalue weighted by Crippen LogP contribution is 2.42. The molecule has 0 saturated carbocycles. The number of hydrogen-bond donors (Lipinski definition) is 2. The fourth-order valence-electron chi connectivity index (χ4n) is 5.59. The fraction of sp³-hybridized carbons (Fsp3) is 0.152. The second-order valence-electron chi connectivity index (χ2n) is 10.9. The van der Waals surface area contributed by atoms with E-state index in [2.05, 4.69) is 75.7 Å². The van der Waals surface area contributed by atoms with Crippen LogP contribution < -0.4 is 16.1 Å². The van der Waals surface area contributed by atoms with E-state index in [1.807, 2.05) is 59.5 Å². The van der Waals surface area contributed by atoms with Crippen molar-refractivity contribution in [1.82, 2.24) is 29.4 Å². The molecule has 7 rings (SSSR count). The summed E-state index contributed by atoms with van der Waals surface area (Å²) in [5, 5.41) is 11.5. The maximum atomic E-state index is 12.0. The molecule has 0 unspecified atom stereocenters. The van der Waals surface area contributed by atoms with E-state index in [0.717, 1.165) is 50.7 Å². The topological polar surface area (TPSA) is 110 Å². The number of para-hydroxylation sites is 1. The molecule has 214 valence electrons. The lowest BCUT2D eigenvalue weighted by Gasteiger charge is -2.30. The maximum absolute atomic E-state index is 12.0. The van der Waals surface area contributed by atoms with E-state index in [-0.39, 0.29) is 6.04 Å². The van der Waals surface area contributed by atoms with Gasteiger partial charge >= 0.3 is 0 Å². The number of carbonyl (C=O) groups excluding carboxylic acids is 1. The zero-order valence-electron chi connectivity index (χ0n) is 23.9. The van der Waals surface area contributed by atoms with Crippen LogP contribution in [0.4, 0.5) is 17.1 Å². The molecular weight excluding hydrogens is 538 g/mol. The number of rotatable bonds is 8. The summed E-state index contributed by atoms with van der Waals surface area (Å²) in [4.78, 5) is 18.5. The average Bonchev–Trinajstić information content (AvgIpc) is 3.79. The van der Waals surface area contributed by atoms with Gasteiger partial charge in [0.1, 0.15) is 6.33 Å². The number of nitrogens with two attached hydrogens (primary N) is 1. The molecule has 0 aliphatic carbocycles. The first-order chi connectivity index (χ1) is 20.9. The number of pyridine rings is 1. The molecule has 4 heterocycles. The van der Waals surface area contributed by atoms with Crippen LogP contribution in [0.3, 0.4) is 0 Å². The number of benzene rings is 3. The third-order valence-electron chi connectivity index (χ3n) is 7.74. The van der Waals surface area contributed by atoms with E-state index in [9.17, 15) is 4.79 Å². The quantitative estimate of drug-likeness (QED) is 0.236. The molecule has 3 N–H and O–H groups in total. The van der Waals surface area contributed by atoms with Gasteiger partial charge in [-0.25, -0.2) is 9.50 Å². The number of nitrogens with one attached hydrogen (secondary N) is 1. The highest BCUT2D eigenvalue weighted by Gasteiger charge is 2.28. The van der Waals surface area contributed by atoms with Crippen molar-refractivity contribution in [3.8, 4) is 22.4 Å². The first-order valence-electron chi connectivity index (χ1n) is 14.2. The zero-order chi connectivity index (χ0) is 29.5. The minimum absolute atomic E-state index is 0.241. The number of anilines is 3. The van der Waals surface area contributed by atoms with Gasteiger partial charge in [0.15, 0.2) is 5.65 Å². The Morgan fingerprint density at radius 1 is 1.00 bits per heavy atom. The van der Waals surface area contributed by atoms with Crippen LogP contribution in [0.15, 0.2) is 104 Å². The van der Waals surface area contributed by atoms with Gasteiger partial charge in [0.25, 0.3) is 0 Å². The predicted molar refractivity (Wildman–Crippen MR) is 168 cm³/mol. The van der Waals surface area contributed by atoms with Gasteiger partial charge < -0.3 is 16.1 Å². The van der Waals surface area contributed by atoms with Crippen molar-refractivity contribution in [2.24, 2.45) is 5.73 Å². The molecule has 1 aliphatic heterocycles. The Morgan fingerprint density at radius 2 is 1.84 bits per heavy atom. The van der Waals surface area contributed by atoms with Crippen LogP contribution in [0.5, 0.6) is 0 Å². The minimum atomic E-state index is -0.455. The van der Waals surface area contributed by atoms with Gasteiger partial charge in [-0.3, -0.25) is 9.48 Å². The summed E-state index contributed by atoms with van der Waals surface area (Å²) >= 11 is 0. The largest absolute Gasteiger partial charge is 0.366 e. The van der Waals surface area contributed by atoms with Gasteiger partial charge in [0, 0.05) is 58.6 Å². The van der Waals surface area contributed by atoms with Crippen molar-refractivity contribution in [2.45, 2.75) is 26.4 Å². The minimum Gasteiger partial charge on any atom is -0.366 e. The molecule has 0 radical (unpaired) electrons. The Labute approximate surface area is 249 Å². The van der Waals surface area contributed by atoms with Crippen molar-refractivity contribution in [3.05, 3.63) is 115 Å². The van der Waals surface area contributed by atoms with Gasteiger partial charge in [0.2, 0.25) is 5.91 Å². The van der Waals surface area contributed by atoms with E-state index in [1.165, 1.54) is 0 Å². The second-order valence-corrected chi connectivity index (χ2v) is 10.9. The Balaban J connectivity index is 1.29. The van der Waals surface area contributed by atoms with Gasteiger partial charge in [-0.1, -0.05) is 30.3 Å². The average molecular weight is 570 g/mol. The molecule has 3 aromatic heterocycles. The standard InChI is InChI=1S/C33H31N9O/c1-22(2)41-16-15-30(38-41)32-27(24-11-14-31-35-20-36-42(31)18-24)12-13-29-28(32)19-39(37-29)21-40(25-8-4-3-5-9-25)26-10-6-7-23(17-26)33(34)43/h3-18,20,22,37H,19,21H2,1-2H3,(H2,34,43). The number of fused-ring (bicyclic) bond motifs is 2. The van der Waals surface area contributed by atoms with Crippen molar-refractivity contribution < 1.29 is 4.79 Å². The molecule has 0 saturated heterocycles. The van der Waals surface area contributed by atoms with Crippen LogP contribution >= 0.6 is 0 Å². The number of primary amides is 1. The molecule has 0 fully saturated rings. The summed E-state index contributed by atoms with van der Waals surface area (Å²) < 4.78 is 3.78. The number of amides is 1. The molecule has 1 aliphatic rings. The highest BCUT2D eigenvalue weighted by molar-refractivity contribution is 5.94. The Morgan fingerprint density at radius 3 is 2.63 bits per heavy atom. The van der Waals surface area contributed by atoms with E-state index in [4.69, 9.17) is 10.8 Å². The molecule has 0 bridgehead atoms. The third-order valence-corrected chi connectivity index (χ3v) is 7.74. The number of hydrazine groups is 1. The van der Waals surface area contributed by atoms with Gasteiger partial charge in [-0.15, -0.1) is 0 Å². The highest BCUT2D eigenvalue weighted by atomic mass is 16.1. The molecule has 0 spiro atoms. The molecule has 43 heavy (non-hydrogen) atoms. The van der Waals surface area contributed by atoms with Crippen molar-refractivity contribution >= 4 is 28.6 Å². The van der Waals surface area contributed by atoms with Crippen molar-refractivity contribution in [2.75, 3.05) is 17.0 Å². The molecular formula is C33H31N9O. The van der Waals surface area contributed by atoms with Gasteiger partial charge in [-0.05, 0) is 74.0 Å². The molecule has 0 atom stereocenters. The maximum Gasteiger partial charge on any atom is 0.248 e. The van der Waals surface area contributed by atoms with E-state index in [0.29, 0.717) is 18.8 Å². The van der Waals surface area contributed by atoms with Gasteiger partial charge in [-0.2, -0.15) is 15.2 Å². The molecule has 10 heteroatoms. The summed E-state index contributed by atoms with van der Waals surface area (Å²) in [5.41, 5.74) is 18.7. The molecule has 3 aromatic carbocycles. The third kappa shape index (κ3) is 4.98. The van der Waals surface area contributed by atoms with Crippen LogP contribution in [0.1, 0.15) is 35.8 Å². The van der Waals surface area contributed by atoms with E-state index < -0.39 is 5.91 Å². The summed E-state index contributed by atoms with van der Waals surface area (Å²) in [7, 11) is 0. The normalized spacial score (nSPS) is 12.9. The summed E-state index contributed by atoms with van der Waals surface area (Å²) in [5.74, 6) is -0.455. The molecule has 10 nitrogen and oxygen atoms in total. The summed E-state index contributed by atoms with van der Waals surface area (Å²) in [6, 6.07) is 28.2. The second kappa shape index (κ2) is 10.7. The zero-order valence-corrected chi connectivity index (χ0v) is 23.9. The summed E-state index contributed by atoms with van der Waals surface area (Å²) in [6.45, 7) is 5.40. The first-order valence-corrected chi connectivity index (χ1v) is 14.2. The molecule has 1 amide bonds. The summed E-state index contributed by atoms with van der Waals surface area (Å²) in [6.07, 6.45) is 5.61. The number of aromatic nitrogens is 5. The number of carbonyl (C=O) groups is 1. The van der Waals surface area contributed by atoms with Crippen LogP contribution in [0.2, 0.25) is 0 Å². The Kier molecular flexibility index (Phi) is 6.59. The van der Waals surface area contributed by atoms with Crippen LogP contribution in [0.25, 0.3) is 28.0 Å². The van der Waals surface area contributed by atoms with E-state index >= 15 is 0 Å².